The Labute approximate surface area is 94.7 Å². The van der Waals surface area contributed by atoms with Crippen LogP contribution in [0.15, 0.2) is 18.5 Å². The number of aromatic nitrogens is 3. The first kappa shape index (κ1) is 9.78. The summed E-state index contributed by atoms with van der Waals surface area (Å²) in [5, 5.41) is 7.81. The van der Waals surface area contributed by atoms with Gasteiger partial charge in [0.25, 0.3) is 0 Å². The molecule has 2 aromatic heterocycles. The van der Waals surface area contributed by atoms with E-state index in [1.54, 1.807) is 0 Å². The van der Waals surface area contributed by atoms with Crippen LogP contribution in [-0.2, 0) is 6.54 Å². The highest BCUT2D eigenvalue weighted by Crippen LogP contribution is 2.27. The number of nitrogens with zero attached hydrogens (tertiary/aromatic N) is 3. The molecule has 3 rings (SSSR count). The lowest BCUT2D eigenvalue weighted by Crippen LogP contribution is -2.16. The van der Waals surface area contributed by atoms with Gasteiger partial charge in [0.15, 0.2) is 5.65 Å². The SMILES string of the molecule is Cc1cc2ncc(CNCC3CC3)cn2n1. The number of fused-ring (bicyclic) bond motifs is 1. The molecule has 2 aromatic rings. The quantitative estimate of drug-likeness (QED) is 0.843. The Morgan fingerprint density at radius 2 is 2.38 bits per heavy atom. The van der Waals surface area contributed by atoms with Gasteiger partial charge in [-0.1, -0.05) is 0 Å². The average molecular weight is 216 g/mol. The summed E-state index contributed by atoms with van der Waals surface area (Å²) in [6.45, 7) is 4.01. The summed E-state index contributed by atoms with van der Waals surface area (Å²) >= 11 is 0. The van der Waals surface area contributed by atoms with Crippen LogP contribution in [0.25, 0.3) is 5.65 Å². The van der Waals surface area contributed by atoms with Crippen LogP contribution >= 0.6 is 0 Å². The van der Waals surface area contributed by atoms with Crippen LogP contribution in [0.2, 0.25) is 0 Å². The zero-order valence-corrected chi connectivity index (χ0v) is 9.48. The molecule has 1 saturated carbocycles. The minimum Gasteiger partial charge on any atom is -0.312 e. The summed E-state index contributed by atoms with van der Waals surface area (Å²) in [5.41, 5.74) is 3.12. The van der Waals surface area contributed by atoms with Gasteiger partial charge in [0, 0.05) is 30.6 Å². The number of hydrogen-bond acceptors (Lipinski definition) is 3. The van der Waals surface area contributed by atoms with Gasteiger partial charge < -0.3 is 5.32 Å². The second-order valence-corrected chi connectivity index (χ2v) is 4.62. The van der Waals surface area contributed by atoms with Gasteiger partial charge in [-0.3, -0.25) is 0 Å². The largest absolute Gasteiger partial charge is 0.312 e. The standard InChI is InChI=1S/C12H16N4/c1-9-4-12-14-7-11(8-16(12)15-9)6-13-5-10-2-3-10/h4,7-8,10,13H,2-3,5-6H2,1H3. The fraction of sp³-hybridized carbons (Fsp3) is 0.500. The maximum atomic E-state index is 4.38. The minimum atomic E-state index is 0.887. The highest BCUT2D eigenvalue weighted by Gasteiger charge is 2.20. The molecule has 0 amide bonds. The molecule has 0 bridgehead atoms. The Balaban J connectivity index is 1.70. The minimum absolute atomic E-state index is 0.887. The van der Waals surface area contributed by atoms with Gasteiger partial charge in [-0.2, -0.15) is 5.10 Å². The Morgan fingerprint density at radius 3 is 3.19 bits per heavy atom. The molecule has 1 N–H and O–H groups in total. The molecule has 0 saturated heterocycles. The maximum absolute atomic E-state index is 4.38. The summed E-state index contributed by atoms with van der Waals surface area (Å²) in [4.78, 5) is 4.38. The third-order valence-electron chi connectivity index (χ3n) is 2.95. The molecule has 0 atom stereocenters. The van der Waals surface area contributed by atoms with Gasteiger partial charge in [0.05, 0.1) is 5.69 Å². The summed E-state index contributed by atoms with van der Waals surface area (Å²) < 4.78 is 1.85. The number of aryl methyl sites for hydroxylation is 1. The first-order chi connectivity index (χ1) is 7.81. The summed E-state index contributed by atoms with van der Waals surface area (Å²) in [5.74, 6) is 0.920. The number of rotatable bonds is 4. The van der Waals surface area contributed by atoms with E-state index in [0.29, 0.717) is 0 Å². The molecule has 4 nitrogen and oxygen atoms in total. The molecular weight excluding hydrogens is 200 g/mol. The maximum Gasteiger partial charge on any atom is 0.155 e. The fourth-order valence-electron chi connectivity index (χ4n) is 1.87. The predicted molar refractivity (Wildman–Crippen MR) is 62.2 cm³/mol. The molecule has 16 heavy (non-hydrogen) atoms. The first-order valence-corrected chi connectivity index (χ1v) is 5.83. The van der Waals surface area contributed by atoms with Crippen molar-refractivity contribution < 1.29 is 0 Å². The molecule has 1 fully saturated rings. The van der Waals surface area contributed by atoms with Crippen molar-refractivity contribution in [2.45, 2.75) is 26.3 Å². The van der Waals surface area contributed by atoms with Gasteiger partial charge >= 0.3 is 0 Å². The molecule has 4 heteroatoms. The Hall–Kier alpha value is -1.42. The van der Waals surface area contributed by atoms with Gasteiger partial charge in [-0.05, 0) is 32.2 Å². The third kappa shape index (κ3) is 2.07. The van der Waals surface area contributed by atoms with Gasteiger partial charge in [0.2, 0.25) is 0 Å². The lowest BCUT2D eigenvalue weighted by Gasteiger charge is -2.03. The monoisotopic (exact) mass is 216 g/mol. The van der Waals surface area contributed by atoms with Crippen LogP contribution in [0.4, 0.5) is 0 Å². The topological polar surface area (TPSA) is 42.2 Å². The lowest BCUT2D eigenvalue weighted by atomic mass is 10.3. The van der Waals surface area contributed by atoms with Crippen molar-refractivity contribution in [3.63, 3.8) is 0 Å². The highest BCUT2D eigenvalue weighted by atomic mass is 15.2. The molecular formula is C12H16N4. The van der Waals surface area contributed by atoms with Gasteiger partial charge in [-0.15, -0.1) is 0 Å². The molecule has 0 spiro atoms. The third-order valence-corrected chi connectivity index (χ3v) is 2.95. The van der Waals surface area contributed by atoms with Crippen molar-refractivity contribution in [1.29, 1.82) is 0 Å². The van der Waals surface area contributed by atoms with Crippen molar-refractivity contribution in [2.75, 3.05) is 6.54 Å². The fourth-order valence-corrected chi connectivity index (χ4v) is 1.87. The van der Waals surface area contributed by atoms with Crippen LogP contribution in [-0.4, -0.2) is 21.1 Å². The van der Waals surface area contributed by atoms with E-state index in [4.69, 9.17) is 0 Å². The zero-order chi connectivity index (χ0) is 11.0. The van der Waals surface area contributed by atoms with E-state index in [1.807, 2.05) is 23.7 Å². The van der Waals surface area contributed by atoms with Crippen LogP contribution < -0.4 is 5.32 Å². The van der Waals surface area contributed by atoms with Crippen LogP contribution in [0.1, 0.15) is 24.1 Å². The van der Waals surface area contributed by atoms with E-state index >= 15 is 0 Å². The van der Waals surface area contributed by atoms with Crippen LogP contribution in [0, 0.1) is 12.8 Å². The molecule has 0 unspecified atom stereocenters. The molecule has 0 aromatic carbocycles. The molecule has 0 radical (unpaired) electrons. The van der Waals surface area contributed by atoms with E-state index in [1.165, 1.54) is 18.4 Å². The Bertz CT molecular complexity index is 499. The lowest BCUT2D eigenvalue weighted by molar-refractivity contribution is 0.634. The Kier molecular flexibility index (Phi) is 2.36. The second kappa shape index (κ2) is 3.87. The molecule has 84 valence electrons. The summed E-state index contributed by atoms with van der Waals surface area (Å²) in [7, 11) is 0. The smallest absolute Gasteiger partial charge is 0.155 e. The number of nitrogens with one attached hydrogen (secondary N) is 1. The van der Waals surface area contributed by atoms with Crippen LogP contribution in [0.3, 0.4) is 0 Å². The van der Waals surface area contributed by atoms with Gasteiger partial charge in [-0.25, -0.2) is 9.50 Å². The van der Waals surface area contributed by atoms with E-state index in [0.717, 1.165) is 30.3 Å². The predicted octanol–water partition coefficient (Wildman–Crippen LogP) is 1.54. The van der Waals surface area contributed by atoms with Crippen LogP contribution in [0.5, 0.6) is 0 Å². The van der Waals surface area contributed by atoms with Crippen molar-refractivity contribution in [3.05, 3.63) is 29.7 Å². The van der Waals surface area contributed by atoms with Crippen molar-refractivity contribution >= 4 is 5.65 Å². The molecule has 1 aliphatic carbocycles. The molecule has 1 aliphatic rings. The van der Waals surface area contributed by atoms with Gasteiger partial charge in [0.1, 0.15) is 0 Å². The summed E-state index contributed by atoms with van der Waals surface area (Å²) in [6.07, 6.45) is 6.76. The highest BCUT2D eigenvalue weighted by molar-refractivity contribution is 5.38. The van der Waals surface area contributed by atoms with E-state index < -0.39 is 0 Å². The van der Waals surface area contributed by atoms with E-state index in [-0.39, 0.29) is 0 Å². The normalized spacial score (nSPS) is 15.8. The second-order valence-electron chi connectivity index (χ2n) is 4.62. The zero-order valence-electron chi connectivity index (χ0n) is 9.48. The molecule has 2 heterocycles. The molecule has 0 aliphatic heterocycles. The van der Waals surface area contributed by atoms with E-state index in [2.05, 4.69) is 21.6 Å². The average Bonchev–Trinajstić information content (AvgIpc) is 2.99. The summed E-state index contributed by atoms with van der Waals surface area (Å²) in [6, 6.07) is 1.99. The van der Waals surface area contributed by atoms with Crippen molar-refractivity contribution in [3.8, 4) is 0 Å². The number of hydrogen-bond donors (Lipinski definition) is 1. The van der Waals surface area contributed by atoms with E-state index in [9.17, 15) is 0 Å². The van der Waals surface area contributed by atoms with Crippen molar-refractivity contribution in [1.82, 2.24) is 19.9 Å². The first-order valence-electron chi connectivity index (χ1n) is 5.83. The Morgan fingerprint density at radius 1 is 1.50 bits per heavy atom. The van der Waals surface area contributed by atoms with Crippen molar-refractivity contribution in [2.24, 2.45) is 5.92 Å².